The Bertz CT molecular complexity index is 1300. The first-order valence-corrected chi connectivity index (χ1v) is 10.6. The molecule has 0 aromatic heterocycles. The summed E-state index contributed by atoms with van der Waals surface area (Å²) in [4.78, 5) is 10.1. The smallest absolute Gasteiger partial charge is 0.264 e. The Balaban J connectivity index is 7.87. The molecule has 0 aromatic rings. The molecular weight excluding hydrogens is 880 g/mol. The van der Waals surface area contributed by atoms with Gasteiger partial charge in [0.1, 0.15) is 0 Å². The largest absolute Gasteiger partial charge is 0.459 e. The number of ether oxygens (including phenoxy) is 4. The summed E-state index contributed by atoms with van der Waals surface area (Å²) in [5.74, 6) is -35.7. The standard InChI is InChI=1S/C16F32O5/c17-1(49)2(18,7(23,24)25)50-14(43,44)4(20,10(32,33)34)52-16(47,48)6(22,12(38,39)40)53-15(45,46)5(21,11(35,36)37)51-13(41,42)3(19,8(26,27)28)9(29,30)31. The van der Waals surface area contributed by atoms with E-state index in [0.717, 1.165) is 14.2 Å². The van der Waals surface area contributed by atoms with Gasteiger partial charge in [-0.3, -0.25) is 23.7 Å². The van der Waals surface area contributed by atoms with Gasteiger partial charge >= 0.3 is 96.6 Å². The van der Waals surface area contributed by atoms with Crippen molar-refractivity contribution in [3.63, 3.8) is 0 Å². The summed E-state index contributed by atoms with van der Waals surface area (Å²) in [7, 11) is 0. The normalized spacial score (nSPS) is 20.3. The van der Waals surface area contributed by atoms with Gasteiger partial charge in [0.25, 0.3) is 0 Å². The summed E-state index contributed by atoms with van der Waals surface area (Å²) in [5, 5.41) is 0. The third-order valence-corrected chi connectivity index (χ3v) is 5.09. The van der Waals surface area contributed by atoms with Crippen molar-refractivity contribution in [3.8, 4) is 0 Å². The molecule has 4 atom stereocenters. The van der Waals surface area contributed by atoms with E-state index in [1.165, 1.54) is 0 Å². The van der Waals surface area contributed by atoms with Crippen molar-refractivity contribution in [1.82, 2.24) is 0 Å². The molecule has 318 valence electrons. The van der Waals surface area contributed by atoms with Crippen LogP contribution in [0.15, 0.2) is 0 Å². The SMILES string of the molecule is O=C(F)C(F)(OC(F)(F)C(F)(OC(F)(F)C(F)(OC(F)(F)C(F)(OC(F)(F)C(F)(C(F)(F)F)C(F)(F)F)C(F)(F)F)C(F)(F)F)C(F)(F)F)C(F)(F)F. The minimum Gasteiger partial charge on any atom is -0.264 e. The number of carbonyl (C=O) groups is 1. The lowest BCUT2D eigenvalue weighted by atomic mass is 10.0. The van der Waals surface area contributed by atoms with Crippen LogP contribution in [0.25, 0.3) is 0 Å². The Morgan fingerprint density at radius 2 is 0.491 bits per heavy atom. The molecule has 0 aliphatic rings. The molecule has 4 unspecified atom stereocenters. The molecule has 0 spiro atoms. The van der Waals surface area contributed by atoms with Crippen LogP contribution in [0.1, 0.15) is 0 Å². The van der Waals surface area contributed by atoms with Crippen molar-refractivity contribution in [2.24, 2.45) is 0 Å². The molecule has 0 heterocycles. The number of halogens is 32. The third-order valence-electron chi connectivity index (χ3n) is 5.09. The quantitative estimate of drug-likeness (QED) is 0.136. The van der Waals surface area contributed by atoms with E-state index in [2.05, 4.69) is 0 Å². The number of carbonyl (C=O) groups excluding carboxylic acids is 1. The predicted octanol–water partition coefficient (Wildman–Crippen LogP) is 9.67. The molecule has 0 aromatic carbocycles. The van der Waals surface area contributed by atoms with Crippen molar-refractivity contribution in [2.75, 3.05) is 0 Å². The van der Waals surface area contributed by atoms with Crippen molar-refractivity contribution in [1.29, 1.82) is 0 Å². The second-order valence-electron chi connectivity index (χ2n) is 8.78. The molecule has 5 nitrogen and oxygen atoms in total. The van der Waals surface area contributed by atoms with Crippen LogP contribution in [-0.2, 0) is 23.7 Å². The molecule has 0 fully saturated rings. The molecule has 53 heavy (non-hydrogen) atoms. The Morgan fingerprint density at radius 3 is 0.660 bits per heavy atom. The minimum atomic E-state index is -9.43. The first kappa shape index (κ1) is 50.3. The molecule has 0 aliphatic heterocycles. The van der Waals surface area contributed by atoms with Crippen LogP contribution in [0.2, 0.25) is 0 Å². The lowest BCUT2D eigenvalue weighted by molar-refractivity contribution is -0.592. The maximum atomic E-state index is 14.4. The average Bonchev–Trinajstić information content (AvgIpc) is 2.82. The zero-order valence-electron chi connectivity index (χ0n) is 22.1. The number of alkyl halides is 31. The van der Waals surface area contributed by atoms with Crippen molar-refractivity contribution < 1.29 is 164 Å². The Morgan fingerprint density at radius 1 is 0.283 bits per heavy atom. The molecule has 37 heteroatoms. The molecular formula is C16F32O5. The third kappa shape index (κ3) is 8.01. The summed E-state index contributed by atoms with van der Waals surface area (Å²) >= 11 is 0. The second-order valence-corrected chi connectivity index (χ2v) is 8.78. The fraction of sp³-hybridized carbons (Fsp3) is 0.938. The predicted molar refractivity (Wildman–Crippen MR) is 85.8 cm³/mol. The average molecular weight is 880 g/mol. The van der Waals surface area contributed by atoms with E-state index < -0.39 is 96.6 Å². The topological polar surface area (TPSA) is 54.0 Å². The van der Waals surface area contributed by atoms with E-state index in [9.17, 15) is 145 Å². The number of hydrogen-bond acceptors (Lipinski definition) is 5. The number of hydrogen-bond donors (Lipinski definition) is 0. The summed E-state index contributed by atoms with van der Waals surface area (Å²) < 4.78 is 426. The highest BCUT2D eigenvalue weighted by molar-refractivity contribution is 5.77. The maximum Gasteiger partial charge on any atom is 0.459 e. The van der Waals surface area contributed by atoms with Crippen LogP contribution >= 0.6 is 0 Å². The van der Waals surface area contributed by atoms with Gasteiger partial charge in [-0.1, -0.05) is 0 Å². The van der Waals surface area contributed by atoms with Gasteiger partial charge in [0, 0.05) is 0 Å². The van der Waals surface area contributed by atoms with Gasteiger partial charge in [0.2, 0.25) is 0 Å². The highest BCUT2D eigenvalue weighted by atomic mass is 19.5. The van der Waals surface area contributed by atoms with Crippen LogP contribution < -0.4 is 0 Å². The van der Waals surface area contributed by atoms with Crippen molar-refractivity contribution >= 4 is 6.04 Å². The van der Waals surface area contributed by atoms with Crippen LogP contribution in [0, 0.1) is 0 Å². The molecule has 0 radical (unpaired) electrons. The van der Waals surface area contributed by atoms with Gasteiger partial charge in [-0.25, -0.2) is 4.39 Å². The molecule has 0 bridgehead atoms. The van der Waals surface area contributed by atoms with E-state index in [4.69, 9.17) is 0 Å². The Kier molecular flexibility index (Phi) is 12.3. The van der Waals surface area contributed by atoms with Gasteiger partial charge in [-0.15, -0.1) is 0 Å². The summed E-state index contributed by atoms with van der Waals surface area (Å²) in [6, 6.07) is -5.23. The van der Waals surface area contributed by atoms with E-state index in [-0.39, 0.29) is 0 Å². The minimum absolute atomic E-state index is 0.715. The second kappa shape index (κ2) is 12.9. The van der Waals surface area contributed by atoms with Crippen molar-refractivity contribution in [2.45, 2.75) is 90.6 Å². The lowest BCUT2D eigenvalue weighted by Gasteiger charge is -2.44. The van der Waals surface area contributed by atoms with Gasteiger partial charge in [-0.05, 0) is 0 Å². The van der Waals surface area contributed by atoms with Gasteiger partial charge < -0.3 is 0 Å². The molecule has 0 saturated carbocycles. The molecule has 0 N–H and O–H groups in total. The van der Waals surface area contributed by atoms with Gasteiger partial charge in [0.15, 0.2) is 0 Å². The van der Waals surface area contributed by atoms with Crippen LogP contribution in [0.3, 0.4) is 0 Å². The van der Waals surface area contributed by atoms with Crippen molar-refractivity contribution in [3.05, 3.63) is 0 Å². The van der Waals surface area contributed by atoms with E-state index >= 15 is 0 Å². The summed E-state index contributed by atoms with van der Waals surface area (Å²) in [6.07, 6.45) is -88.6. The monoisotopic (exact) mass is 880 g/mol. The van der Waals surface area contributed by atoms with Crippen LogP contribution in [-0.4, -0.2) is 96.6 Å². The van der Waals surface area contributed by atoms with Crippen LogP contribution in [0.5, 0.6) is 0 Å². The highest BCUT2D eigenvalue weighted by Gasteiger charge is 2.92. The fourth-order valence-electron chi connectivity index (χ4n) is 2.52. The molecule has 0 amide bonds. The van der Waals surface area contributed by atoms with Crippen LogP contribution in [0.4, 0.5) is 140 Å². The maximum absolute atomic E-state index is 14.4. The van der Waals surface area contributed by atoms with E-state index in [0.29, 0.717) is 4.74 Å². The summed E-state index contributed by atoms with van der Waals surface area (Å²) in [6.45, 7) is 0. The van der Waals surface area contributed by atoms with Gasteiger partial charge in [0.05, 0.1) is 0 Å². The highest BCUT2D eigenvalue weighted by Crippen LogP contribution is 2.62. The molecule has 0 rings (SSSR count). The number of rotatable bonds is 13. The molecule has 0 saturated heterocycles. The summed E-state index contributed by atoms with van der Waals surface area (Å²) in [5.41, 5.74) is -9.00. The zero-order chi connectivity index (χ0) is 43.9. The zero-order valence-corrected chi connectivity index (χ0v) is 22.1. The first-order valence-electron chi connectivity index (χ1n) is 10.6. The fourth-order valence-corrected chi connectivity index (χ4v) is 2.52. The Hall–Kier alpha value is -2.73. The lowest BCUT2D eigenvalue weighted by Crippen LogP contribution is -2.73. The Labute approximate surface area is 262 Å². The van der Waals surface area contributed by atoms with E-state index in [1.54, 1.807) is 0 Å². The van der Waals surface area contributed by atoms with E-state index in [1.807, 2.05) is 0 Å². The molecule has 0 aliphatic carbocycles. The van der Waals surface area contributed by atoms with Gasteiger partial charge in [-0.2, -0.15) is 136 Å². The first-order chi connectivity index (χ1) is 22.3.